The van der Waals surface area contributed by atoms with Gasteiger partial charge in [-0.2, -0.15) is 0 Å². The van der Waals surface area contributed by atoms with E-state index in [9.17, 15) is 4.79 Å². The molecule has 0 saturated carbocycles. The van der Waals surface area contributed by atoms with E-state index in [0.29, 0.717) is 25.3 Å². The Morgan fingerprint density at radius 2 is 1.79 bits per heavy atom. The predicted octanol–water partition coefficient (Wildman–Crippen LogP) is 5.42. The van der Waals surface area contributed by atoms with E-state index in [1.165, 1.54) is 11.6 Å². The first kappa shape index (κ1) is 22.7. The number of ether oxygens (including phenoxy) is 1. The summed E-state index contributed by atoms with van der Waals surface area (Å²) in [5.41, 5.74) is 4.70. The van der Waals surface area contributed by atoms with Gasteiger partial charge in [0.25, 0.3) is 0 Å². The molecule has 0 aliphatic heterocycles. The van der Waals surface area contributed by atoms with Gasteiger partial charge in [-0.15, -0.1) is 0 Å². The van der Waals surface area contributed by atoms with Crippen LogP contribution in [0.3, 0.4) is 0 Å². The van der Waals surface area contributed by atoms with E-state index in [0.717, 1.165) is 22.0 Å². The van der Waals surface area contributed by atoms with Crippen LogP contribution >= 0.6 is 0 Å². The van der Waals surface area contributed by atoms with Crippen molar-refractivity contribution < 1.29 is 13.9 Å². The number of rotatable bonds is 9. The third-order valence-corrected chi connectivity index (χ3v) is 5.94. The van der Waals surface area contributed by atoms with E-state index in [2.05, 4.69) is 40.3 Å². The number of carbonyl (C=O) groups is 1. The van der Waals surface area contributed by atoms with Crippen molar-refractivity contribution in [2.24, 2.45) is 0 Å². The normalized spacial score (nSPS) is 12.1. The van der Waals surface area contributed by atoms with Crippen molar-refractivity contribution in [1.29, 1.82) is 0 Å². The summed E-state index contributed by atoms with van der Waals surface area (Å²) >= 11 is 0. The summed E-state index contributed by atoms with van der Waals surface area (Å²) in [5.74, 6) is -0.831. The summed E-state index contributed by atoms with van der Waals surface area (Å²) < 4.78 is 22.3. The summed E-state index contributed by atoms with van der Waals surface area (Å²) in [4.78, 5) is 12.8. The van der Waals surface area contributed by atoms with Gasteiger partial charge in [0.1, 0.15) is 5.82 Å². The van der Waals surface area contributed by atoms with Gasteiger partial charge in [0.05, 0.1) is 6.61 Å². The Morgan fingerprint density at radius 1 is 1.03 bits per heavy atom. The molecule has 1 N–H and O–H groups in total. The van der Waals surface area contributed by atoms with Crippen LogP contribution in [0.25, 0.3) is 10.9 Å². The van der Waals surface area contributed by atoms with Crippen molar-refractivity contribution in [3.8, 4) is 0 Å². The molecule has 0 radical (unpaired) electrons. The number of aryl methyl sites for hydroxylation is 1. The largest absolute Gasteiger partial charge is 0.383 e. The summed E-state index contributed by atoms with van der Waals surface area (Å²) in [6.07, 6.45) is 2.23. The first-order chi connectivity index (χ1) is 16.1. The molecule has 1 atom stereocenters. The highest BCUT2D eigenvalue weighted by atomic mass is 19.1. The van der Waals surface area contributed by atoms with Crippen LogP contribution in [0.1, 0.15) is 34.6 Å². The SMILES string of the molecule is COCCNC(=O)C[C@@H](c1cc(C)ccc1F)c1cn(Cc2ccccc2)c2ccccc12. The standard InChI is InChI=1S/C28H29FN2O2/c1-20-12-13-26(29)24(16-20)23(17-28(32)30-14-15-33-2)25-19-31(18-21-8-4-3-5-9-21)27-11-7-6-10-22(25)27/h3-13,16,19,23H,14-15,17-18H2,1-2H3,(H,30,32)/t23-/m0/s1. The third-order valence-electron chi connectivity index (χ3n) is 5.94. The summed E-state index contributed by atoms with van der Waals surface area (Å²) in [5, 5.41) is 3.92. The molecular weight excluding hydrogens is 415 g/mol. The Balaban J connectivity index is 1.78. The first-order valence-corrected chi connectivity index (χ1v) is 11.2. The highest BCUT2D eigenvalue weighted by Gasteiger charge is 2.25. The summed E-state index contributed by atoms with van der Waals surface area (Å²) in [6.45, 7) is 3.50. The molecule has 0 unspecified atom stereocenters. The van der Waals surface area contributed by atoms with Gasteiger partial charge in [0.2, 0.25) is 5.91 Å². The molecule has 1 amide bonds. The molecule has 4 nitrogen and oxygen atoms in total. The number of amides is 1. The maximum atomic E-state index is 15.1. The van der Waals surface area contributed by atoms with E-state index in [4.69, 9.17) is 4.74 Å². The van der Waals surface area contributed by atoms with Gasteiger partial charge in [-0.25, -0.2) is 4.39 Å². The molecule has 0 spiro atoms. The number of benzene rings is 3. The van der Waals surface area contributed by atoms with Gasteiger partial charge in [-0.1, -0.05) is 66.2 Å². The van der Waals surface area contributed by atoms with Crippen LogP contribution in [0.5, 0.6) is 0 Å². The van der Waals surface area contributed by atoms with Crippen molar-refractivity contribution in [3.63, 3.8) is 0 Å². The van der Waals surface area contributed by atoms with Gasteiger partial charge in [-0.3, -0.25) is 4.79 Å². The van der Waals surface area contributed by atoms with Gasteiger partial charge in [-0.05, 0) is 35.7 Å². The number of methoxy groups -OCH3 is 1. The number of hydrogen-bond donors (Lipinski definition) is 1. The zero-order valence-electron chi connectivity index (χ0n) is 19.1. The summed E-state index contributed by atoms with van der Waals surface area (Å²) in [6, 6.07) is 23.5. The number of fused-ring (bicyclic) bond motifs is 1. The van der Waals surface area contributed by atoms with Crippen molar-refractivity contribution in [3.05, 3.63) is 107 Å². The second kappa shape index (κ2) is 10.5. The van der Waals surface area contributed by atoms with E-state index in [1.807, 2.05) is 43.3 Å². The molecule has 170 valence electrons. The molecule has 0 saturated heterocycles. The molecule has 0 bridgehead atoms. The second-order valence-electron chi connectivity index (χ2n) is 8.34. The van der Waals surface area contributed by atoms with Crippen LogP contribution in [-0.2, 0) is 16.1 Å². The maximum absolute atomic E-state index is 15.1. The van der Waals surface area contributed by atoms with Crippen molar-refractivity contribution in [1.82, 2.24) is 9.88 Å². The summed E-state index contributed by atoms with van der Waals surface area (Å²) in [7, 11) is 1.60. The van der Waals surface area contributed by atoms with Crippen LogP contribution in [0.2, 0.25) is 0 Å². The van der Waals surface area contributed by atoms with Crippen LogP contribution in [0, 0.1) is 12.7 Å². The lowest BCUT2D eigenvalue weighted by Crippen LogP contribution is -2.28. The lowest BCUT2D eigenvalue weighted by Gasteiger charge is -2.18. The molecule has 4 aromatic rings. The number of aromatic nitrogens is 1. The lowest BCUT2D eigenvalue weighted by atomic mass is 9.87. The highest BCUT2D eigenvalue weighted by molar-refractivity contribution is 5.86. The molecule has 4 rings (SSSR count). The minimum atomic E-state index is -0.408. The molecule has 33 heavy (non-hydrogen) atoms. The van der Waals surface area contributed by atoms with Crippen molar-refractivity contribution >= 4 is 16.8 Å². The Hall–Kier alpha value is -3.44. The smallest absolute Gasteiger partial charge is 0.221 e. The van der Waals surface area contributed by atoms with Crippen molar-refractivity contribution in [2.45, 2.75) is 25.8 Å². The zero-order valence-corrected chi connectivity index (χ0v) is 19.1. The lowest BCUT2D eigenvalue weighted by molar-refractivity contribution is -0.121. The van der Waals surface area contributed by atoms with Gasteiger partial charge in [0.15, 0.2) is 0 Å². The van der Waals surface area contributed by atoms with E-state index < -0.39 is 5.92 Å². The number of halogens is 1. The molecular formula is C28H29FN2O2. The number of para-hydroxylation sites is 1. The predicted molar refractivity (Wildman–Crippen MR) is 130 cm³/mol. The molecule has 1 aromatic heterocycles. The van der Waals surface area contributed by atoms with Gasteiger partial charge < -0.3 is 14.6 Å². The van der Waals surface area contributed by atoms with Gasteiger partial charge >= 0.3 is 0 Å². The number of nitrogens with one attached hydrogen (secondary N) is 1. The first-order valence-electron chi connectivity index (χ1n) is 11.2. The van der Waals surface area contributed by atoms with E-state index >= 15 is 4.39 Å². The number of nitrogens with zero attached hydrogens (tertiary/aromatic N) is 1. The van der Waals surface area contributed by atoms with E-state index in [1.54, 1.807) is 13.2 Å². The number of hydrogen-bond acceptors (Lipinski definition) is 2. The molecule has 3 aromatic carbocycles. The van der Waals surface area contributed by atoms with E-state index in [-0.39, 0.29) is 18.1 Å². The third kappa shape index (κ3) is 5.32. The highest BCUT2D eigenvalue weighted by Crippen LogP contribution is 2.36. The molecule has 0 fully saturated rings. The van der Waals surface area contributed by atoms with Crippen LogP contribution in [-0.4, -0.2) is 30.7 Å². The van der Waals surface area contributed by atoms with Crippen LogP contribution < -0.4 is 5.32 Å². The number of carbonyl (C=O) groups excluding carboxylic acids is 1. The van der Waals surface area contributed by atoms with Gasteiger partial charge in [0, 0.05) is 49.6 Å². The Labute approximate surface area is 194 Å². The molecule has 0 aliphatic rings. The fourth-order valence-electron chi connectivity index (χ4n) is 4.33. The molecule has 1 heterocycles. The molecule has 5 heteroatoms. The van der Waals surface area contributed by atoms with Crippen LogP contribution in [0.15, 0.2) is 79.0 Å². The Bertz CT molecular complexity index is 1230. The fraction of sp³-hybridized carbons (Fsp3) is 0.250. The monoisotopic (exact) mass is 444 g/mol. The Kier molecular flexibility index (Phi) is 7.20. The fourth-order valence-corrected chi connectivity index (χ4v) is 4.33. The minimum Gasteiger partial charge on any atom is -0.383 e. The Morgan fingerprint density at radius 3 is 2.58 bits per heavy atom. The second-order valence-corrected chi connectivity index (χ2v) is 8.34. The topological polar surface area (TPSA) is 43.3 Å². The van der Waals surface area contributed by atoms with Crippen molar-refractivity contribution in [2.75, 3.05) is 20.3 Å². The molecule has 0 aliphatic carbocycles. The maximum Gasteiger partial charge on any atom is 0.221 e. The minimum absolute atomic E-state index is 0.127. The average molecular weight is 445 g/mol. The van der Waals surface area contributed by atoms with Crippen LogP contribution in [0.4, 0.5) is 4.39 Å². The average Bonchev–Trinajstić information content (AvgIpc) is 3.18. The quantitative estimate of drug-likeness (QED) is 0.350. The zero-order chi connectivity index (χ0) is 23.2.